The van der Waals surface area contributed by atoms with Crippen LogP contribution in [0.15, 0.2) is 18.2 Å². The number of aromatic nitrogens is 2. The summed E-state index contributed by atoms with van der Waals surface area (Å²) in [5.74, 6) is 1.55. The van der Waals surface area contributed by atoms with E-state index in [1.54, 1.807) is 0 Å². The Balaban J connectivity index is 2.40. The maximum absolute atomic E-state index is 6.08. The molecule has 0 saturated carbocycles. The summed E-state index contributed by atoms with van der Waals surface area (Å²) in [5, 5.41) is 1.03. The molecule has 0 unspecified atom stereocenters. The lowest BCUT2D eigenvalue weighted by Crippen LogP contribution is -2.17. The maximum Gasteiger partial charge on any atom is 0.224 e. The van der Waals surface area contributed by atoms with Crippen LogP contribution in [0.1, 0.15) is 26.6 Å². The van der Waals surface area contributed by atoms with E-state index in [4.69, 9.17) is 45.3 Å². The molecule has 0 atom stereocenters. The fourth-order valence-corrected chi connectivity index (χ4v) is 2.10. The third kappa shape index (κ3) is 3.90. The second-order valence-electron chi connectivity index (χ2n) is 5.50. The zero-order chi connectivity index (χ0) is 15.8. The molecule has 0 fully saturated rings. The van der Waals surface area contributed by atoms with Gasteiger partial charge < -0.3 is 10.5 Å². The van der Waals surface area contributed by atoms with E-state index in [0.29, 0.717) is 38.3 Å². The third-order valence-electron chi connectivity index (χ3n) is 2.58. The Morgan fingerprint density at radius 1 is 0.952 bits per heavy atom. The fourth-order valence-electron chi connectivity index (χ4n) is 1.53. The largest absolute Gasteiger partial charge is 0.437 e. The van der Waals surface area contributed by atoms with Crippen LogP contribution in [0.25, 0.3) is 0 Å². The second kappa shape index (κ2) is 5.87. The second-order valence-corrected chi connectivity index (χ2v) is 6.73. The summed E-state index contributed by atoms with van der Waals surface area (Å²) in [6.45, 7) is 5.95. The molecule has 0 aliphatic rings. The molecule has 0 amide bonds. The van der Waals surface area contributed by atoms with Gasteiger partial charge in [-0.3, -0.25) is 0 Å². The van der Waals surface area contributed by atoms with Crippen molar-refractivity contribution < 1.29 is 4.74 Å². The molecule has 0 aliphatic carbocycles. The molecule has 0 aliphatic heterocycles. The van der Waals surface area contributed by atoms with Crippen molar-refractivity contribution in [1.29, 1.82) is 0 Å². The lowest BCUT2D eigenvalue weighted by Gasteiger charge is -2.18. The average molecular weight is 347 g/mol. The first-order valence-corrected chi connectivity index (χ1v) is 7.27. The molecule has 21 heavy (non-hydrogen) atoms. The molecule has 2 N–H and O–H groups in total. The van der Waals surface area contributed by atoms with E-state index >= 15 is 0 Å². The van der Waals surface area contributed by atoms with Gasteiger partial charge in [-0.05, 0) is 6.07 Å². The normalized spacial score (nSPS) is 11.5. The summed E-state index contributed by atoms with van der Waals surface area (Å²) in [7, 11) is 0. The number of hydrogen-bond donors (Lipinski definition) is 1. The molecule has 4 nitrogen and oxygen atoms in total. The summed E-state index contributed by atoms with van der Waals surface area (Å²) in [6, 6.07) is 4.56. The number of nitrogens with two attached hydrogens (primary N) is 1. The molecule has 0 radical (unpaired) electrons. The maximum atomic E-state index is 6.08. The van der Waals surface area contributed by atoms with E-state index in [1.807, 2.05) is 20.8 Å². The van der Waals surface area contributed by atoms with Gasteiger partial charge in [-0.1, -0.05) is 55.6 Å². The Labute approximate surface area is 138 Å². The van der Waals surface area contributed by atoms with Crippen LogP contribution in [-0.2, 0) is 5.41 Å². The number of rotatable bonds is 2. The lowest BCUT2D eigenvalue weighted by atomic mass is 9.96. The van der Waals surface area contributed by atoms with Crippen LogP contribution < -0.4 is 10.5 Å². The number of anilines is 1. The van der Waals surface area contributed by atoms with E-state index in [9.17, 15) is 0 Å². The Hall–Kier alpha value is -1.23. The van der Waals surface area contributed by atoms with Crippen LogP contribution >= 0.6 is 34.8 Å². The minimum absolute atomic E-state index is 0.255. The van der Waals surface area contributed by atoms with Gasteiger partial charge in [0.15, 0.2) is 0 Å². The topological polar surface area (TPSA) is 61.0 Å². The smallest absolute Gasteiger partial charge is 0.224 e. The van der Waals surface area contributed by atoms with Crippen molar-refractivity contribution >= 4 is 40.6 Å². The molecule has 1 aromatic heterocycles. The van der Waals surface area contributed by atoms with Crippen molar-refractivity contribution in [1.82, 2.24) is 9.97 Å². The van der Waals surface area contributed by atoms with Gasteiger partial charge in [0.1, 0.15) is 17.4 Å². The standard InChI is InChI=1S/C14H14Cl3N3O/c1-14(2,3)13-19-11(18)6-12(20-13)21-10-5-8(16)7(15)4-9(10)17/h4-6H,1-3H3,(H2,18,19,20). The van der Waals surface area contributed by atoms with Gasteiger partial charge >= 0.3 is 0 Å². The summed E-state index contributed by atoms with van der Waals surface area (Å²) in [6.07, 6.45) is 0. The fraction of sp³-hybridized carbons (Fsp3) is 0.286. The van der Waals surface area contributed by atoms with Crippen LogP contribution in [0.3, 0.4) is 0 Å². The van der Waals surface area contributed by atoms with Crippen molar-refractivity contribution in [3.8, 4) is 11.6 Å². The minimum Gasteiger partial charge on any atom is -0.437 e. The number of halogens is 3. The Morgan fingerprint density at radius 3 is 2.19 bits per heavy atom. The van der Waals surface area contributed by atoms with Crippen LogP contribution in [0.5, 0.6) is 11.6 Å². The summed E-state index contributed by atoms with van der Waals surface area (Å²) < 4.78 is 5.66. The first kappa shape index (κ1) is 16.1. The average Bonchev–Trinajstić information content (AvgIpc) is 2.34. The zero-order valence-electron chi connectivity index (χ0n) is 11.7. The first-order chi connectivity index (χ1) is 9.66. The first-order valence-electron chi connectivity index (χ1n) is 6.14. The Kier molecular flexibility index (Phi) is 4.51. The van der Waals surface area contributed by atoms with Gasteiger partial charge in [-0.2, -0.15) is 4.98 Å². The van der Waals surface area contributed by atoms with E-state index in [-0.39, 0.29) is 5.41 Å². The predicted molar refractivity (Wildman–Crippen MR) is 86.7 cm³/mol. The van der Waals surface area contributed by atoms with Crippen LogP contribution in [0.4, 0.5) is 5.82 Å². The van der Waals surface area contributed by atoms with Gasteiger partial charge in [0, 0.05) is 17.5 Å². The summed E-state index contributed by atoms with van der Waals surface area (Å²) in [4.78, 5) is 8.55. The molecular formula is C14H14Cl3N3O. The van der Waals surface area contributed by atoms with Crippen LogP contribution in [0.2, 0.25) is 15.1 Å². The molecule has 7 heteroatoms. The molecule has 1 aromatic carbocycles. The minimum atomic E-state index is -0.255. The van der Waals surface area contributed by atoms with Crippen molar-refractivity contribution in [2.75, 3.05) is 5.73 Å². The zero-order valence-corrected chi connectivity index (χ0v) is 14.0. The predicted octanol–water partition coefficient (Wildman–Crippen LogP) is 5.11. The van der Waals surface area contributed by atoms with E-state index < -0.39 is 0 Å². The monoisotopic (exact) mass is 345 g/mol. The number of benzene rings is 1. The highest BCUT2D eigenvalue weighted by Gasteiger charge is 2.19. The van der Waals surface area contributed by atoms with Gasteiger partial charge in [-0.25, -0.2) is 4.98 Å². The SMILES string of the molecule is CC(C)(C)c1nc(N)cc(Oc2cc(Cl)c(Cl)cc2Cl)n1. The number of nitrogens with zero attached hydrogens (tertiary/aromatic N) is 2. The van der Waals surface area contributed by atoms with Crippen LogP contribution in [-0.4, -0.2) is 9.97 Å². The van der Waals surface area contributed by atoms with Gasteiger partial charge in [0.25, 0.3) is 0 Å². The highest BCUT2D eigenvalue weighted by atomic mass is 35.5. The van der Waals surface area contributed by atoms with Crippen LogP contribution in [0, 0.1) is 0 Å². The molecule has 0 bridgehead atoms. The number of nitrogen functional groups attached to an aromatic ring is 1. The van der Waals surface area contributed by atoms with E-state index in [2.05, 4.69) is 9.97 Å². The quantitative estimate of drug-likeness (QED) is 0.768. The van der Waals surface area contributed by atoms with Crippen molar-refractivity contribution in [2.45, 2.75) is 26.2 Å². The van der Waals surface area contributed by atoms with E-state index in [1.165, 1.54) is 18.2 Å². The van der Waals surface area contributed by atoms with Crippen molar-refractivity contribution in [2.24, 2.45) is 0 Å². The van der Waals surface area contributed by atoms with Crippen molar-refractivity contribution in [3.05, 3.63) is 39.1 Å². The third-order valence-corrected chi connectivity index (χ3v) is 3.60. The number of hydrogen-bond acceptors (Lipinski definition) is 4. The molecule has 1 heterocycles. The molecule has 112 valence electrons. The molecule has 0 spiro atoms. The molecule has 0 saturated heterocycles. The highest BCUT2D eigenvalue weighted by molar-refractivity contribution is 6.43. The van der Waals surface area contributed by atoms with Crippen molar-refractivity contribution in [3.63, 3.8) is 0 Å². The van der Waals surface area contributed by atoms with Gasteiger partial charge in [0.05, 0.1) is 15.1 Å². The molecular weight excluding hydrogens is 333 g/mol. The summed E-state index contributed by atoms with van der Waals surface area (Å²) >= 11 is 17.9. The van der Waals surface area contributed by atoms with E-state index in [0.717, 1.165) is 0 Å². The lowest BCUT2D eigenvalue weighted by molar-refractivity contribution is 0.447. The molecule has 2 rings (SSSR count). The number of ether oxygens (including phenoxy) is 1. The van der Waals surface area contributed by atoms with Gasteiger partial charge in [0.2, 0.25) is 5.88 Å². The van der Waals surface area contributed by atoms with Gasteiger partial charge in [-0.15, -0.1) is 0 Å². The Morgan fingerprint density at radius 2 is 1.57 bits per heavy atom. The molecule has 2 aromatic rings. The Bertz CT molecular complexity index is 684. The highest BCUT2D eigenvalue weighted by Crippen LogP contribution is 2.36. The summed E-state index contributed by atoms with van der Waals surface area (Å²) in [5.41, 5.74) is 5.54.